The number of carbonyl (C=O) groups excluding carboxylic acids is 3. The van der Waals surface area contributed by atoms with Crippen LogP contribution in [-0.2, 0) is 25.7 Å². The van der Waals surface area contributed by atoms with Crippen LogP contribution in [0.15, 0.2) is 34.2 Å². The highest BCUT2D eigenvalue weighted by Crippen LogP contribution is 2.17. The van der Waals surface area contributed by atoms with Crippen LogP contribution in [0.3, 0.4) is 0 Å². The summed E-state index contributed by atoms with van der Waals surface area (Å²) in [5.74, 6) is -1.39. The van der Waals surface area contributed by atoms with E-state index in [0.717, 1.165) is 11.8 Å². The highest BCUT2D eigenvalue weighted by molar-refractivity contribution is 7.99. The van der Waals surface area contributed by atoms with Crippen LogP contribution in [-0.4, -0.2) is 53.8 Å². The molecule has 2 rings (SSSR count). The van der Waals surface area contributed by atoms with Gasteiger partial charge in [0.15, 0.2) is 5.16 Å². The molecule has 0 radical (unpaired) electrons. The zero-order valence-electron chi connectivity index (χ0n) is 14.3. The summed E-state index contributed by atoms with van der Waals surface area (Å²) in [4.78, 5) is 51.6. The van der Waals surface area contributed by atoms with Crippen molar-refractivity contribution in [3.8, 4) is 0 Å². The van der Waals surface area contributed by atoms with E-state index in [1.807, 2.05) is 0 Å². The molecule has 0 fully saturated rings. The Morgan fingerprint density at radius 1 is 1.23 bits per heavy atom. The molecule has 2 N–H and O–H groups in total. The van der Waals surface area contributed by atoms with Crippen LogP contribution in [0.25, 0.3) is 10.9 Å². The predicted molar refractivity (Wildman–Crippen MR) is 95.8 cm³/mol. The normalized spacial score (nSPS) is 10.4. The summed E-state index contributed by atoms with van der Waals surface area (Å²) in [7, 11) is 2.69. The van der Waals surface area contributed by atoms with Gasteiger partial charge in [-0.3, -0.25) is 23.7 Å². The molecular weight excluding hydrogens is 360 g/mol. The van der Waals surface area contributed by atoms with Gasteiger partial charge in [-0.05, 0) is 12.1 Å². The van der Waals surface area contributed by atoms with E-state index < -0.39 is 17.4 Å². The van der Waals surface area contributed by atoms with Gasteiger partial charge >= 0.3 is 5.97 Å². The van der Waals surface area contributed by atoms with Gasteiger partial charge in [0.25, 0.3) is 5.56 Å². The fourth-order valence-electron chi connectivity index (χ4n) is 2.04. The van der Waals surface area contributed by atoms with E-state index in [4.69, 9.17) is 0 Å². The van der Waals surface area contributed by atoms with Gasteiger partial charge in [-0.1, -0.05) is 23.9 Å². The third-order valence-corrected chi connectivity index (χ3v) is 4.38. The Labute approximate surface area is 153 Å². The summed E-state index contributed by atoms with van der Waals surface area (Å²) in [5.41, 5.74) is 0.0705. The largest absolute Gasteiger partial charge is 0.468 e. The quantitative estimate of drug-likeness (QED) is 0.379. The third-order valence-electron chi connectivity index (χ3n) is 3.40. The van der Waals surface area contributed by atoms with Gasteiger partial charge in [0.05, 0.1) is 30.3 Å². The summed E-state index contributed by atoms with van der Waals surface area (Å²) in [6, 6.07) is 6.73. The van der Waals surface area contributed by atoms with Crippen LogP contribution in [0.2, 0.25) is 0 Å². The Hall–Kier alpha value is -2.88. The van der Waals surface area contributed by atoms with E-state index in [9.17, 15) is 19.2 Å². The lowest BCUT2D eigenvalue weighted by atomic mass is 10.2. The van der Waals surface area contributed by atoms with Crippen molar-refractivity contribution in [2.75, 3.05) is 26.5 Å². The number of hydrogen-bond donors (Lipinski definition) is 2. The van der Waals surface area contributed by atoms with Gasteiger partial charge < -0.3 is 15.4 Å². The standard InChI is InChI=1S/C16H18N4O5S/c1-17-12(21)7-18-13(22)9-26-16-19-11-6-4-3-5-10(11)15(24)20(16)8-14(23)25-2/h3-6H,7-9H2,1-2H3,(H,17,21)(H,18,22). The molecule has 2 amide bonds. The van der Waals surface area contributed by atoms with Crippen molar-refractivity contribution >= 4 is 40.4 Å². The van der Waals surface area contributed by atoms with Gasteiger partial charge in [-0.2, -0.15) is 0 Å². The molecule has 0 aliphatic carbocycles. The van der Waals surface area contributed by atoms with Crippen molar-refractivity contribution in [1.82, 2.24) is 20.2 Å². The highest BCUT2D eigenvalue weighted by atomic mass is 32.2. The van der Waals surface area contributed by atoms with Crippen molar-refractivity contribution in [3.63, 3.8) is 0 Å². The first-order valence-electron chi connectivity index (χ1n) is 7.62. The number of aromatic nitrogens is 2. The lowest BCUT2D eigenvalue weighted by Crippen LogP contribution is -2.36. The number of nitrogens with zero attached hydrogens (tertiary/aromatic N) is 2. The molecule has 0 unspecified atom stereocenters. The van der Waals surface area contributed by atoms with E-state index >= 15 is 0 Å². The van der Waals surface area contributed by atoms with E-state index in [2.05, 4.69) is 20.4 Å². The Morgan fingerprint density at radius 3 is 2.65 bits per heavy atom. The second-order valence-corrected chi connectivity index (χ2v) is 6.06. The first-order valence-corrected chi connectivity index (χ1v) is 8.61. The lowest BCUT2D eigenvalue weighted by molar-refractivity contribution is -0.141. The Kier molecular flexibility index (Phi) is 6.73. The summed E-state index contributed by atoms with van der Waals surface area (Å²) >= 11 is 0.996. The Bertz CT molecular complexity index is 896. The molecule has 1 aromatic heterocycles. The van der Waals surface area contributed by atoms with Crippen molar-refractivity contribution in [1.29, 1.82) is 0 Å². The molecule has 0 aliphatic rings. The number of fused-ring (bicyclic) bond motifs is 1. The SMILES string of the molecule is CNC(=O)CNC(=O)CSc1nc2ccccc2c(=O)n1CC(=O)OC. The van der Waals surface area contributed by atoms with Gasteiger partial charge in [0, 0.05) is 7.05 Å². The van der Waals surface area contributed by atoms with Crippen molar-refractivity contribution in [2.45, 2.75) is 11.7 Å². The third kappa shape index (κ3) is 4.82. The molecule has 0 bridgehead atoms. The van der Waals surface area contributed by atoms with Crippen LogP contribution < -0.4 is 16.2 Å². The molecule has 1 aromatic carbocycles. The summed E-state index contributed by atoms with van der Waals surface area (Å²) in [6.45, 7) is -0.453. The Balaban J connectivity index is 2.25. The molecule has 1 heterocycles. The summed E-state index contributed by atoms with van der Waals surface area (Å²) in [6.07, 6.45) is 0. The van der Waals surface area contributed by atoms with Gasteiger partial charge in [0.1, 0.15) is 6.54 Å². The molecule has 10 heteroatoms. The molecule has 9 nitrogen and oxygen atoms in total. The second kappa shape index (κ2) is 8.99. The molecule has 0 aliphatic heterocycles. The maximum atomic E-state index is 12.6. The number of thioether (sulfide) groups is 1. The molecule has 0 saturated heterocycles. The molecule has 26 heavy (non-hydrogen) atoms. The van der Waals surface area contributed by atoms with Gasteiger partial charge in [0.2, 0.25) is 11.8 Å². The first-order chi connectivity index (χ1) is 12.5. The van der Waals surface area contributed by atoms with E-state index in [-0.39, 0.29) is 29.9 Å². The zero-order chi connectivity index (χ0) is 19.1. The molecular formula is C16H18N4O5S. The van der Waals surface area contributed by atoms with Crippen LogP contribution in [0.1, 0.15) is 0 Å². The number of rotatable bonds is 7. The zero-order valence-corrected chi connectivity index (χ0v) is 15.1. The number of likely N-dealkylation sites (N-methyl/N-ethyl adjacent to an activating group) is 1. The minimum Gasteiger partial charge on any atom is -0.468 e. The summed E-state index contributed by atoms with van der Waals surface area (Å²) < 4.78 is 5.79. The molecule has 2 aromatic rings. The fraction of sp³-hybridized carbons (Fsp3) is 0.312. The number of hydrogen-bond acceptors (Lipinski definition) is 7. The average Bonchev–Trinajstić information content (AvgIpc) is 2.66. The number of esters is 1. The minimum atomic E-state index is -0.602. The topological polar surface area (TPSA) is 119 Å². The van der Waals surface area contributed by atoms with Crippen LogP contribution in [0, 0.1) is 0 Å². The highest BCUT2D eigenvalue weighted by Gasteiger charge is 2.16. The number of methoxy groups -OCH3 is 1. The number of amides is 2. The lowest BCUT2D eigenvalue weighted by Gasteiger charge is -2.12. The number of ether oxygens (including phenoxy) is 1. The van der Waals surface area contributed by atoms with Gasteiger partial charge in [-0.25, -0.2) is 4.98 Å². The van der Waals surface area contributed by atoms with Crippen LogP contribution in [0.4, 0.5) is 0 Å². The average molecular weight is 378 g/mol. The predicted octanol–water partition coefficient (Wildman–Crippen LogP) is -0.476. The first kappa shape index (κ1) is 19.4. The Morgan fingerprint density at radius 2 is 1.96 bits per heavy atom. The monoisotopic (exact) mass is 378 g/mol. The van der Waals surface area contributed by atoms with Gasteiger partial charge in [-0.15, -0.1) is 0 Å². The minimum absolute atomic E-state index is 0.0665. The second-order valence-electron chi connectivity index (χ2n) is 5.12. The molecule has 138 valence electrons. The number of benzene rings is 1. The van der Waals surface area contributed by atoms with Crippen molar-refractivity contribution < 1.29 is 19.1 Å². The molecule has 0 saturated carbocycles. The molecule has 0 spiro atoms. The summed E-state index contributed by atoms with van der Waals surface area (Å²) in [5, 5.41) is 5.42. The van der Waals surface area contributed by atoms with E-state index in [0.29, 0.717) is 10.9 Å². The van der Waals surface area contributed by atoms with Crippen LogP contribution >= 0.6 is 11.8 Å². The fourth-order valence-corrected chi connectivity index (χ4v) is 2.87. The number of nitrogens with one attached hydrogen (secondary N) is 2. The maximum Gasteiger partial charge on any atom is 0.325 e. The maximum absolute atomic E-state index is 12.6. The molecule has 0 atom stereocenters. The van der Waals surface area contributed by atoms with E-state index in [1.165, 1.54) is 18.7 Å². The number of carbonyl (C=O) groups is 3. The smallest absolute Gasteiger partial charge is 0.325 e. The van der Waals surface area contributed by atoms with Crippen molar-refractivity contribution in [2.24, 2.45) is 0 Å². The van der Waals surface area contributed by atoms with E-state index in [1.54, 1.807) is 24.3 Å². The number of para-hydroxylation sites is 1. The van der Waals surface area contributed by atoms with Crippen molar-refractivity contribution in [3.05, 3.63) is 34.6 Å². The van der Waals surface area contributed by atoms with Crippen LogP contribution in [0.5, 0.6) is 0 Å².